The van der Waals surface area contributed by atoms with Crippen LogP contribution >= 0.6 is 11.8 Å². The van der Waals surface area contributed by atoms with Gasteiger partial charge in [0.05, 0.1) is 0 Å². The molecule has 1 saturated carbocycles. The Morgan fingerprint density at radius 1 is 1.32 bits per heavy atom. The third kappa shape index (κ3) is 2.97. The molecule has 2 N–H and O–H groups in total. The lowest BCUT2D eigenvalue weighted by Gasteiger charge is -2.26. The van der Waals surface area contributed by atoms with E-state index < -0.39 is 0 Å². The van der Waals surface area contributed by atoms with Gasteiger partial charge in [0.15, 0.2) is 0 Å². The second-order valence-corrected chi connectivity index (χ2v) is 7.42. The van der Waals surface area contributed by atoms with Crippen molar-refractivity contribution >= 4 is 11.8 Å². The number of pyridine rings is 1. The highest BCUT2D eigenvalue weighted by Gasteiger charge is 2.23. The Morgan fingerprint density at radius 2 is 2.21 bits per heavy atom. The van der Waals surface area contributed by atoms with Crippen molar-refractivity contribution < 1.29 is 0 Å². The van der Waals surface area contributed by atoms with E-state index in [1.54, 1.807) is 0 Å². The van der Waals surface area contributed by atoms with E-state index >= 15 is 0 Å². The molecule has 0 saturated heterocycles. The molecule has 0 radical (unpaired) electrons. The second kappa shape index (κ2) is 5.84. The number of thioether (sulfide) groups is 1. The normalized spacial score (nSPS) is 26.4. The van der Waals surface area contributed by atoms with Crippen LogP contribution < -0.4 is 5.73 Å². The lowest BCUT2D eigenvalue weighted by molar-refractivity contribution is 0.394. The van der Waals surface area contributed by atoms with Gasteiger partial charge in [0, 0.05) is 17.5 Å². The summed E-state index contributed by atoms with van der Waals surface area (Å²) in [5.74, 6) is 0.877. The van der Waals surface area contributed by atoms with E-state index in [0.717, 1.165) is 17.6 Å². The summed E-state index contributed by atoms with van der Waals surface area (Å²) in [5.41, 5.74) is 9.97. The maximum Gasteiger partial charge on any atom is 0.101 e. The van der Waals surface area contributed by atoms with E-state index in [9.17, 15) is 0 Å². The molecule has 3 rings (SSSR count). The van der Waals surface area contributed by atoms with Gasteiger partial charge in [-0.3, -0.25) is 0 Å². The predicted molar refractivity (Wildman–Crippen MR) is 81.4 cm³/mol. The first-order valence-electron chi connectivity index (χ1n) is 7.64. The summed E-state index contributed by atoms with van der Waals surface area (Å²) < 4.78 is 0. The fraction of sp³-hybridized carbons (Fsp3) is 0.688. The van der Waals surface area contributed by atoms with Crippen LogP contribution in [0.4, 0.5) is 0 Å². The van der Waals surface area contributed by atoms with Crippen LogP contribution in [0.25, 0.3) is 0 Å². The van der Waals surface area contributed by atoms with Gasteiger partial charge in [0.2, 0.25) is 0 Å². The van der Waals surface area contributed by atoms with E-state index in [0.29, 0.717) is 6.54 Å². The Balaban J connectivity index is 1.79. The Hall–Kier alpha value is -0.540. The molecule has 0 aliphatic heterocycles. The number of hydrogen-bond acceptors (Lipinski definition) is 3. The standard InChI is InChI=1S/C16H24N2S/c1-11-4-2-6-14(8-11)19-16-13(10-17)9-12-5-3-7-15(12)18-16/h9,11,14H,2-8,10,17H2,1H3. The molecule has 3 heteroatoms. The minimum absolute atomic E-state index is 0.630. The third-order valence-corrected chi connectivity index (χ3v) is 5.81. The van der Waals surface area contributed by atoms with Crippen LogP contribution in [0.15, 0.2) is 11.1 Å². The maximum atomic E-state index is 5.92. The first kappa shape index (κ1) is 13.4. The number of aryl methyl sites for hydroxylation is 2. The highest BCUT2D eigenvalue weighted by atomic mass is 32.2. The Morgan fingerprint density at radius 3 is 3.00 bits per heavy atom. The molecule has 1 fully saturated rings. The number of aromatic nitrogens is 1. The smallest absolute Gasteiger partial charge is 0.101 e. The van der Waals surface area contributed by atoms with Crippen LogP contribution in [0.1, 0.15) is 55.8 Å². The van der Waals surface area contributed by atoms with Crippen molar-refractivity contribution in [2.75, 3.05) is 0 Å². The third-order valence-electron chi connectivity index (χ3n) is 4.48. The van der Waals surface area contributed by atoms with Crippen LogP contribution in [-0.4, -0.2) is 10.2 Å². The van der Waals surface area contributed by atoms with Gasteiger partial charge in [-0.05, 0) is 49.1 Å². The summed E-state index contributed by atoms with van der Waals surface area (Å²) in [7, 11) is 0. The molecule has 1 aromatic heterocycles. The topological polar surface area (TPSA) is 38.9 Å². The first-order valence-corrected chi connectivity index (χ1v) is 8.52. The Kier molecular flexibility index (Phi) is 4.13. The summed E-state index contributed by atoms with van der Waals surface area (Å²) in [4.78, 5) is 4.93. The molecule has 0 spiro atoms. The zero-order valence-electron chi connectivity index (χ0n) is 11.8. The molecule has 2 nitrogen and oxygen atoms in total. The number of nitrogens with two attached hydrogens (primary N) is 1. The van der Waals surface area contributed by atoms with Gasteiger partial charge < -0.3 is 5.73 Å². The maximum absolute atomic E-state index is 5.92. The summed E-state index contributed by atoms with van der Waals surface area (Å²) in [6.45, 7) is 3.01. The lowest BCUT2D eigenvalue weighted by atomic mass is 9.91. The summed E-state index contributed by atoms with van der Waals surface area (Å²) in [5, 5.41) is 1.98. The molecule has 1 heterocycles. The van der Waals surface area contributed by atoms with E-state index in [1.807, 2.05) is 11.8 Å². The molecule has 2 unspecified atom stereocenters. The monoisotopic (exact) mass is 276 g/mol. The van der Waals surface area contributed by atoms with E-state index in [1.165, 1.54) is 60.4 Å². The van der Waals surface area contributed by atoms with Crippen molar-refractivity contribution in [2.45, 2.75) is 68.7 Å². The molecule has 0 aromatic carbocycles. The van der Waals surface area contributed by atoms with Gasteiger partial charge in [-0.25, -0.2) is 4.98 Å². The van der Waals surface area contributed by atoms with Gasteiger partial charge in [0.25, 0.3) is 0 Å². The van der Waals surface area contributed by atoms with Crippen LogP contribution in [-0.2, 0) is 19.4 Å². The highest BCUT2D eigenvalue weighted by Crippen LogP contribution is 2.37. The molecule has 104 valence electrons. The quantitative estimate of drug-likeness (QED) is 0.915. The van der Waals surface area contributed by atoms with Crippen molar-refractivity contribution in [1.82, 2.24) is 4.98 Å². The molecular weight excluding hydrogens is 252 g/mol. The van der Waals surface area contributed by atoms with E-state index in [4.69, 9.17) is 10.7 Å². The fourth-order valence-corrected chi connectivity index (χ4v) is 4.87. The minimum Gasteiger partial charge on any atom is -0.326 e. The van der Waals surface area contributed by atoms with Crippen molar-refractivity contribution in [3.8, 4) is 0 Å². The molecule has 1 aromatic rings. The van der Waals surface area contributed by atoms with Gasteiger partial charge in [-0.2, -0.15) is 0 Å². The van der Waals surface area contributed by atoms with Crippen molar-refractivity contribution in [3.05, 3.63) is 22.9 Å². The number of hydrogen-bond donors (Lipinski definition) is 1. The average molecular weight is 276 g/mol. The van der Waals surface area contributed by atoms with E-state index in [-0.39, 0.29) is 0 Å². The number of fused-ring (bicyclic) bond motifs is 1. The van der Waals surface area contributed by atoms with Crippen LogP contribution in [0.3, 0.4) is 0 Å². The Bertz CT molecular complexity index is 458. The summed E-state index contributed by atoms with van der Waals surface area (Å²) in [6, 6.07) is 2.32. The van der Waals surface area contributed by atoms with Crippen LogP contribution in [0.5, 0.6) is 0 Å². The molecule has 2 aliphatic carbocycles. The lowest BCUT2D eigenvalue weighted by Crippen LogP contribution is -2.16. The highest BCUT2D eigenvalue weighted by molar-refractivity contribution is 7.99. The molecule has 0 bridgehead atoms. The summed E-state index contributed by atoms with van der Waals surface area (Å²) in [6.07, 6.45) is 9.09. The zero-order valence-corrected chi connectivity index (χ0v) is 12.6. The molecule has 2 aliphatic rings. The minimum atomic E-state index is 0.630. The molecular formula is C16H24N2S. The molecule has 0 amide bonds. The Labute approximate surface area is 120 Å². The largest absolute Gasteiger partial charge is 0.326 e. The average Bonchev–Trinajstić information content (AvgIpc) is 2.85. The number of rotatable bonds is 3. The van der Waals surface area contributed by atoms with Crippen molar-refractivity contribution in [2.24, 2.45) is 11.7 Å². The fourth-order valence-electron chi connectivity index (χ4n) is 3.39. The molecule has 2 atom stereocenters. The van der Waals surface area contributed by atoms with Gasteiger partial charge in [0.1, 0.15) is 5.03 Å². The second-order valence-electron chi connectivity index (χ2n) is 6.13. The van der Waals surface area contributed by atoms with Crippen molar-refractivity contribution in [1.29, 1.82) is 0 Å². The van der Waals surface area contributed by atoms with Crippen LogP contribution in [0, 0.1) is 5.92 Å². The zero-order chi connectivity index (χ0) is 13.2. The first-order chi connectivity index (χ1) is 9.26. The summed E-state index contributed by atoms with van der Waals surface area (Å²) >= 11 is 1.99. The van der Waals surface area contributed by atoms with Gasteiger partial charge >= 0.3 is 0 Å². The van der Waals surface area contributed by atoms with Crippen molar-refractivity contribution in [3.63, 3.8) is 0 Å². The SMILES string of the molecule is CC1CCCC(Sc2nc3c(cc2CN)CCC3)C1. The molecule has 19 heavy (non-hydrogen) atoms. The van der Waals surface area contributed by atoms with E-state index in [2.05, 4.69) is 13.0 Å². The van der Waals surface area contributed by atoms with Gasteiger partial charge in [-0.15, -0.1) is 11.8 Å². The van der Waals surface area contributed by atoms with Gasteiger partial charge in [-0.1, -0.05) is 25.8 Å². The van der Waals surface area contributed by atoms with Crippen LogP contribution in [0.2, 0.25) is 0 Å². The predicted octanol–water partition coefficient (Wildman–Crippen LogP) is 3.70. The number of nitrogens with zero attached hydrogens (tertiary/aromatic N) is 1.